The average molecular weight is 284 g/mol. The van der Waals surface area contributed by atoms with Gasteiger partial charge in [0.1, 0.15) is 5.82 Å². The maximum absolute atomic E-state index is 11.6. The van der Waals surface area contributed by atoms with E-state index in [1.165, 1.54) is 0 Å². The summed E-state index contributed by atoms with van der Waals surface area (Å²) in [5.41, 5.74) is 0. The van der Waals surface area contributed by atoms with Gasteiger partial charge in [-0.3, -0.25) is 0 Å². The van der Waals surface area contributed by atoms with E-state index in [2.05, 4.69) is 10.3 Å². The Labute approximate surface area is 117 Å². The fourth-order valence-corrected chi connectivity index (χ4v) is 2.20. The number of likely N-dealkylation sites (tertiary alicyclic amines) is 1. The van der Waals surface area contributed by atoms with Crippen LogP contribution in [0.5, 0.6) is 0 Å². The van der Waals surface area contributed by atoms with Crippen LogP contribution in [0.25, 0.3) is 0 Å². The van der Waals surface area contributed by atoms with Gasteiger partial charge in [-0.2, -0.15) is 0 Å². The zero-order valence-electron chi connectivity index (χ0n) is 10.9. The second kappa shape index (κ2) is 6.61. The summed E-state index contributed by atoms with van der Waals surface area (Å²) in [5, 5.41) is 3.98. The molecule has 1 fully saturated rings. The van der Waals surface area contributed by atoms with Crippen LogP contribution in [0.4, 0.5) is 10.6 Å². The van der Waals surface area contributed by atoms with E-state index in [9.17, 15) is 4.79 Å². The number of hydrogen-bond acceptors (Lipinski definition) is 4. The number of carbonyl (C=O) groups is 1. The minimum Gasteiger partial charge on any atom is -0.450 e. The molecule has 0 aliphatic carbocycles. The van der Waals surface area contributed by atoms with Crippen molar-refractivity contribution in [3.63, 3.8) is 0 Å². The highest BCUT2D eigenvalue weighted by Crippen LogP contribution is 2.17. The van der Waals surface area contributed by atoms with Crippen LogP contribution in [0.1, 0.15) is 19.8 Å². The first-order chi connectivity index (χ1) is 9.19. The van der Waals surface area contributed by atoms with Gasteiger partial charge in [-0.1, -0.05) is 11.6 Å². The Bertz CT molecular complexity index is 416. The summed E-state index contributed by atoms with van der Waals surface area (Å²) >= 11 is 5.79. The number of carbonyl (C=O) groups excluding carboxylic acids is 1. The van der Waals surface area contributed by atoms with Gasteiger partial charge in [0.15, 0.2) is 0 Å². The van der Waals surface area contributed by atoms with Crippen molar-refractivity contribution >= 4 is 23.5 Å². The number of halogens is 1. The number of anilines is 1. The van der Waals surface area contributed by atoms with Gasteiger partial charge in [-0.05, 0) is 31.9 Å². The fraction of sp³-hybridized carbons (Fsp3) is 0.538. The molecule has 1 aliphatic rings. The van der Waals surface area contributed by atoms with Crippen molar-refractivity contribution in [2.24, 2.45) is 0 Å². The highest BCUT2D eigenvalue weighted by Gasteiger charge is 2.23. The summed E-state index contributed by atoms with van der Waals surface area (Å²) in [7, 11) is 0. The Hall–Kier alpha value is -1.49. The topological polar surface area (TPSA) is 54.5 Å². The van der Waals surface area contributed by atoms with Crippen molar-refractivity contribution in [3.05, 3.63) is 23.4 Å². The van der Waals surface area contributed by atoms with E-state index in [0.29, 0.717) is 30.8 Å². The number of aromatic nitrogens is 1. The van der Waals surface area contributed by atoms with E-state index in [4.69, 9.17) is 16.3 Å². The molecule has 1 amide bonds. The van der Waals surface area contributed by atoms with Crippen molar-refractivity contribution < 1.29 is 9.53 Å². The quantitative estimate of drug-likeness (QED) is 0.927. The second-order valence-electron chi connectivity index (χ2n) is 4.47. The smallest absolute Gasteiger partial charge is 0.409 e. The molecule has 0 spiro atoms. The van der Waals surface area contributed by atoms with Crippen molar-refractivity contribution in [2.75, 3.05) is 25.0 Å². The number of piperidine rings is 1. The lowest BCUT2D eigenvalue weighted by molar-refractivity contribution is 0.0983. The van der Waals surface area contributed by atoms with E-state index in [1.807, 2.05) is 19.1 Å². The summed E-state index contributed by atoms with van der Waals surface area (Å²) in [6.45, 7) is 3.66. The first-order valence-electron chi connectivity index (χ1n) is 6.49. The summed E-state index contributed by atoms with van der Waals surface area (Å²) in [4.78, 5) is 17.5. The monoisotopic (exact) mass is 283 g/mol. The second-order valence-corrected chi connectivity index (χ2v) is 4.90. The van der Waals surface area contributed by atoms with E-state index in [1.54, 1.807) is 11.1 Å². The van der Waals surface area contributed by atoms with Gasteiger partial charge in [0, 0.05) is 25.3 Å². The number of rotatable bonds is 3. The molecular formula is C13H18ClN3O2. The minimum atomic E-state index is -0.217. The number of hydrogen-bond donors (Lipinski definition) is 1. The van der Waals surface area contributed by atoms with Gasteiger partial charge < -0.3 is 15.0 Å². The normalized spacial score (nSPS) is 16.2. The van der Waals surface area contributed by atoms with E-state index in [0.717, 1.165) is 18.7 Å². The SMILES string of the molecule is CCOC(=O)N1CCC(Nc2ccc(Cl)cn2)CC1. The maximum atomic E-state index is 11.6. The summed E-state index contributed by atoms with van der Waals surface area (Å²) in [5.74, 6) is 0.819. The molecule has 2 heterocycles. The average Bonchev–Trinajstić information content (AvgIpc) is 2.42. The lowest BCUT2D eigenvalue weighted by Gasteiger charge is -2.31. The van der Waals surface area contributed by atoms with Crippen LogP contribution >= 0.6 is 11.6 Å². The third-order valence-electron chi connectivity index (χ3n) is 3.10. The van der Waals surface area contributed by atoms with Gasteiger partial charge in [0.25, 0.3) is 0 Å². The molecule has 1 aromatic rings. The Morgan fingerprint density at radius 3 is 2.84 bits per heavy atom. The Kier molecular flexibility index (Phi) is 4.85. The Balaban J connectivity index is 1.80. The molecule has 6 heteroatoms. The molecule has 0 saturated carbocycles. The van der Waals surface area contributed by atoms with Crippen LogP contribution < -0.4 is 5.32 Å². The molecule has 1 N–H and O–H groups in total. The van der Waals surface area contributed by atoms with Crippen molar-refractivity contribution in [2.45, 2.75) is 25.8 Å². The van der Waals surface area contributed by atoms with Crippen LogP contribution in [0.3, 0.4) is 0 Å². The van der Waals surface area contributed by atoms with Gasteiger partial charge in [-0.25, -0.2) is 9.78 Å². The first-order valence-corrected chi connectivity index (χ1v) is 6.86. The van der Waals surface area contributed by atoms with Crippen LogP contribution in [0.2, 0.25) is 5.02 Å². The first kappa shape index (κ1) is 13.9. The highest BCUT2D eigenvalue weighted by atomic mass is 35.5. The summed E-state index contributed by atoms with van der Waals surface area (Å²) in [6, 6.07) is 4.00. The molecular weight excluding hydrogens is 266 g/mol. The summed E-state index contributed by atoms with van der Waals surface area (Å²) < 4.78 is 4.99. The van der Waals surface area contributed by atoms with Crippen molar-refractivity contribution in [1.29, 1.82) is 0 Å². The standard InChI is InChI=1S/C13H18ClN3O2/c1-2-19-13(18)17-7-5-11(6-8-17)16-12-4-3-10(14)9-15-12/h3-4,9,11H,2,5-8H2,1H3,(H,15,16). The molecule has 1 saturated heterocycles. The molecule has 0 atom stereocenters. The molecule has 0 aromatic carbocycles. The zero-order chi connectivity index (χ0) is 13.7. The van der Waals surface area contributed by atoms with E-state index < -0.39 is 0 Å². The van der Waals surface area contributed by atoms with Crippen LogP contribution in [-0.4, -0.2) is 41.7 Å². The third-order valence-corrected chi connectivity index (χ3v) is 3.32. The number of ether oxygens (including phenoxy) is 1. The van der Waals surface area contributed by atoms with Crippen LogP contribution in [0, 0.1) is 0 Å². The number of nitrogens with one attached hydrogen (secondary N) is 1. The van der Waals surface area contributed by atoms with Crippen molar-refractivity contribution in [1.82, 2.24) is 9.88 Å². The predicted octanol–water partition coefficient (Wildman–Crippen LogP) is 2.77. The van der Waals surface area contributed by atoms with Gasteiger partial charge in [0.05, 0.1) is 11.6 Å². The lowest BCUT2D eigenvalue weighted by Crippen LogP contribution is -2.42. The predicted molar refractivity (Wildman–Crippen MR) is 74.5 cm³/mol. The van der Waals surface area contributed by atoms with E-state index >= 15 is 0 Å². The largest absolute Gasteiger partial charge is 0.450 e. The lowest BCUT2D eigenvalue weighted by atomic mass is 10.1. The molecule has 0 unspecified atom stereocenters. The number of pyridine rings is 1. The molecule has 5 nitrogen and oxygen atoms in total. The maximum Gasteiger partial charge on any atom is 0.409 e. The van der Waals surface area contributed by atoms with E-state index in [-0.39, 0.29) is 6.09 Å². The molecule has 2 rings (SSSR count). The van der Waals surface area contributed by atoms with Gasteiger partial charge >= 0.3 is 6.09 Å². The van der Waals surface area contributed by atoms with Crippen LogP contribution in [0.15, 0.2) is 18.3 Å². The molecule has 0 bridgehead atoms. The zero-order valence-corrected chi connectivity index (χ0v) is 11.7. The molecule has 19 heavy (non-hydrogen) atoms. The molecule has 1 aliphatic heterocycles. The number of nitrogens with zero attached hydrogens (tertiary/aromatic N) is 2. The highest BCUT2D eigenvalue weighted by molar-refractivity contribution is 6.30. The molecule has 1 aromatic heterocycles. The Morgan fingerprint density at radius 1 is 1.53 bits per heavy atom. The summed E-state index contributed by atoms with van der Waals surface area (Å²) in [6.07, 6.45) is 3.19. The van der Waals surface area contributed by atoms with Crippen LogP contribution in [-0.2, 0) is 4.74 Å². The third kappa shape index (κ3) is 3.99. The minimum absolute atomic E-state index is 0.217. The van der Waals surface area contributed by atoms with Crippen molar-refractivity contribution in [3.8, 4) is 0 Å². The van der Waals surface area contributed by atoms with Gasteiger partial charge in [-0.15, -0.1) is 0 Å². The Morgan fingerprint density at radius 2 is 2.26 bits per heavy atom. The number of amides is 1. The molecule has 0 radical (unpaired) electrons. The van der Waals surface area contributed by atoms with Gasteiger partial charge in [0.2, 0.25) is 0 Å². The molecule has 104 valence electrons. The fourth-order valence-electron chi connectivity index (χ4n) is 2.09.